The molecule has 0 saturated heterocycles. The zero-order chi connectivity index (χ0) is 12.4. The molecule has 0 unspecified atom stereocenters. The quantitative estimate of drug-likeness (QED) is 0.640. The van der Waals surface area contributed by atoms with E-state index < -0.39 is 11.1 Å². The van der Waals surface area contributed by atoms with E-state index in [-0.39, 0.29) is 6.09 Å². The molecule has 1 aliphatic rings. The second-order valence-corrected chi connectivity index (χ2v) is 5.42. The highest BCUT2D eigenvalue weighted by atomic mass is 16.6. The molecule has 1 aliphatic carbocycles. The molecule has 0 heterocycles. The van der Waals surface area contributed by atoms with Gasteiger partial charge >= 0.3 is 6.09 Å². The van der Waals surface area contributed by atoms with Crippen molar-refractivity contribution in [2.24, 2.45) is 0 Å². The Kier molecular flexibility index (Phi) is 3.52. The Hall–Kier alpha value is -1.17. The van der Waals surface area contributed by atoms with Gasteiger partial charge in [-0.1, -0.05) is 5.92 Å². The SMILES string of the molecule is C#CC1(N(C)C(=O)OC(C)(C)C)CCCC1. The number of ether oxygens (including phenoxy) is 1. The maximum absolute atomic E-state index is 11.9. The molecule has 90 valence electrons. The molecule has 16 heavy (non-hydrogen) atoms. The Balaban J connectivity index is 2.73. The van der Waals surface area contributed by atoms with Crippen LogP contribution in [-0.4, -0.2) is 29.2 Å². The third kappa shape index (κ3) is 2.69. The average Bonchev–Trinajstić information content (AvgIpc) is 2.63. The van der Waals surface area contributed by atoms with Crippen molar-refractivity contribution < 1.29 is 9.53 Å². The molecule has 0 spiro atoms. The van der Waals surface area contributed by atoms with Crippen LogP contribution in [0.4, 0.5) is 4.79 Å². The monoisotopic (exact) mass is 223 g/mol. The number of carbonyl (C=O) groups is 1. The van der Waals surface area contributed by atoms with Crippen LogP contribution in [0.15, 0.2) is 0 Å². The minimum absolute atomic E-state index is 0.327. The van der Waals surface area contributed by atoms with Gasteiger partial charge in [-0.2, -0.15) is 0 Å². The van der Waals surface area contributed by atoms with E-state index >= 15 is 0 Å². The van der Waals surface area contributed by atoms with Crippen LogP contribution in [0.3, 0.4) is 0 Å². The summed E-state index contributed by atoms with van der Waals surface area (Å²) in [5.74, 6) is 2.77. The van der Waals surface area contributed by atoms with Crippen LogP contribution in [0.25, 0.3) is 0 Å². The van der Waals surface area contributed by atoms with Crippen molar-refractivity contribution >= 4 is 6.09 Å². The van der Waals surface area contributed by atoms with Crippen molar-refractivity contribution in [3.63, 3.8) is 0 Å². The molecule has 0 aromatic heterocycles. The number of hydrogen-bond acceptors (Lipinski definition) is 2. The molecule has 0 aromatic rings. The Morgan fingerprint density at radius 1 is 1.38 bits per heavy atom. The predicted molar refractivity (Wildman–Crippen MR) is 64.0 cm³/mol. The summed E-state index contributed by atoms with van der Waals surface area (Å²) in [4.78, 5) is 13.5. The lowest BCUT2D eigenvalue weighted by molar-refractivity contribution is 0.0151. The third-order valence-electron chi connectivity index (χ3n) is 3.01. The predicted octanol–water partition coefficient (Wildman–Crippen LogP) is 2.80. The Labute approximate surface area is 98.1 Å². The van der Waals surface area contributed by atoms with Crippen LogP contribution in [0.2, 0.25) is 0 Å². The molecule has 0 N–H and O–H groups in total. The molecule has 0 atom stereocenters. The fourth-order valence-corrected chi connectivity index (χ4v) is 2.04. The number of carbonyl (C=O) groups excluding carboxylic acids is 1. The molecule has 0 aliphatic heterocycles. The average molecular weight is 223 g/mol. The minimum Gasteiger partial charge on any atom is -0.444 e. The molecule has 1 saturated carbocycles. The summed E-state index contributed by atoms with van der Waals surface area (Å²) in [7, 11) is 1.74. The number of nitrogens with zero attached hydrogens (tertiary/aromatic N) is 1. The molecule has 3 nitrogen and oxygen atoms in total. The maximum atomic E-state index is 11.9. The van der Waals surface area contributed by atoms with Crippen LogP contribution in [0.5, 0.6) is 0 Å². The zero-order valence-electron chi connectivity index (χ0n) is 10.7. The summed E-state index contributed by atoms with van der Waals surface area (Å²) >= 11 is 0. The Morgan fingerprint density at radius 3 is 2.25 bits per heavy atom. The Morgan fingerprint density at radius 2 is 1.88 bits per heavy atom. The summed E-state index contributed by atoms with van der Waals surface area (Å²) < 4.78 is 5.33. The van der Waals surface area contributed by atoms with Gasteiger partial charge in [0, 0.05) is 7.05 Å². The van der Waals surface area contributed by atoms with Crippen molar-refractivity contribution in [2.75, 3.05) is 7.05 Å². The summed E-state index contributed by atoms with van der Waals surface area (Å²) in [6.45, 7) is 5.57. The number of amides is 1. The first kappa shape index (κ1) is 12.9. The molecule has 0 aromatic carbocycles. The minimum atomic E-state index is -0.472. The fourth-order valence-electron chi connectivity index (χ4n) is 2.04. The molecule has 3 heteroatoms. The van der Waals surface area contributed by atoms with Gasteiger partial charge < -0.3 is 4.74 Å². The lowest BCUT2D eigenvalue weighted by atomic mass is 9.97. The van der Waals surface area contributed by atoms with Crippen molar-refractivity contribution in [3.8, 4) is 12.3 Å². The first-order valence-corrected chi connectivity index (χ1v) is 5.75. The summed E-state index contributed by atoms with van der Waals surface area (Å²) in [5.41, 5.74) is -0.901. The first-order valence-electron chi connectivity index (χ1n) is 5.75. The highest BCUT2D eigenvalue weighted by Gasteiger charge is 2.40. The van der Waals surface area contributed by atoms with Gasteiger partial charge in [0.25, 0.3) is 0 Å². The number of terminal acetylenes is 1. The molecule has 1 rings (SSSR count). The highest BCUT2D eigenvalue weighted by Crippen LogP contribution is 2.34. The van der Waals surface area contributed by atoms with E-state index in [1.165, 1.54) is 0 Å². The van der Waals surface area contributed by atoms with Crippen LogP contribution in [-0.2, 0) is 4.74 Å². The zero-order valence-corrected chi connectivity index (χ0v) is 10.7. The van der Waals surface area contributed by atoms with Gasteiger partial charge in [0.1, 0.15) is 11.1 Å². The first-order chi connectivity index (χ1) is 7.31. The number of rotatable bonds is 1. The van der Waals surface area contributed by atoms with Gasteiger partial charge in [0.15, 0.2) is 0 Å². The second-order valence-electron chi connectivity index (χ2n) is 5.42. The van der Waals surface area contributed by atoms with E-state index in [9.17, 15) is 4.79 Å². The van der Waals surface area contributed by atoms with E-state index in [0.29, 0.717) is 0 Å². The van der Waals surface area contributed by atoms with E-state index in [2.05, 4.69) is 5.92 Å². The lowest BCUT2D eigenvalue weighted by Gasteiger charge is -2.35. The van der Waals surface area contributed by atoms with Crippen LogP contribution < -0.4 is 0 Å². The second kappa shape index (κ2) is 4.37. The van der Waals surface area contributed by atoms with Crippen molar-refractivity contribution in [3.05, 3.63) is 0 Å². The van der Waals surface area contributed by atoms with Gasteiger partial charge in [0.05, 0.1) is 0 Å². The molecule has 0 bridgehead atoms. The van der Waals surface area contributed by atoms with Crippen molar-refractivity contribution in [1.82, 2.24) is 4.90 Å². The normalized spacial score (nSPS) is 18.9. The van der Waals surface area contributed by atoms with Gasteiger partial charge in [-0.3, -0.25) is 4.90 Å². The summed E-state index contributed by atoms with van der Waals surface area (Å²) in [5, 5.41) is 0. The number of hydrogen-bond donors (Lipinski definition) is 0. The smallest absolute Gasteiger partial charge is 0.411 e. The van der Waals surface area contributed by atoms with Gasteiger partial charge in [-0.05, 0) is 46.5 Å². The van der Waals surface area contributed by atoms with E-state index in [4.69, 9.17) is 11.2 Å². The van der Waals surface area contributed by atoms with Crippen LogP contribution in [0, 0.1) is 12.3 Å². The fraction of sp³-hybridized carbons (Fsp3) is 0.769. The molecule has 0 radical (unpaired) electrons. The van der Waals surface area contributed by atoms with Gasteiger partial charge in [-0.15, -0.1) is 6.42 Å². The topological polar surface area (TPSA) is 29.5 Å². The Bertz CT molecular complexity index is 303. The van der Waals surface area contributed by atoms with E-state index in [0.717, 1.165) is 25.7 Å². The van der Waals surface area contributed by atoms with Crippen LogP contribution >= 0.6 is 0 Å². The maximum Gasteiger partial charge on any atom is 0.411 e. The van der Waals surface area contributed by atoms with E-state index in [1.807, 2.05) is 20.8 Å². The molecule has 1 fully saturated rings. The standard InChI is InChI=1S/C13H21NO2/c1-6-13(9-7-8-10-13)14(5)11(15)16-12(2,3)4/h1H,7-10H2,2-5H3. The van der Waals surface area contributed by atoms with Gasteiger partial charge in [0.2, 0.25) is 0 Å². The summed E-state index contributed by atoms with van der Waals surface area (Å²) in [6, 6.07) is 0. The molecular weight excluding hydrogens is 202 g/mol. The molecule has 1 amide bonds. The van der Waals surface area contributed by atoms with E-state index in [1.54, 1.807) is 11.9 Å². The van der Waals surface area contributed by atoms with Crippen molar-refractivity contribution in [1.29, 1.82) is 0 Å². The lowest BCUT2D eigenvalue weighted by Crippen LogP contribution is -2.48. The molecular formula is C13H21NO2. The highest BCUT2D eigenvalue weighted by molar-refractivity contribution is 5.69. The summed E-state index contributed by atoms with van der Waals surface area (Å²) in [6.07, 6.45) is 9.16. The van der Waals surface area contributed by atoms with Crippen molar-refractivity contribution in [2.45, 2.75) is 57.6 Å². The largest absolute Gasteiger partial charge is 0.444 e. The van der Waals surface area contributed by atoms with Crippen LogP contribution in [0.1, 0.15) is 46.5 Å². The van der Waals surface area contributed by atoms with Gasteiger partial charge in [-0.25, -0.2) is 4.79 Å². The third-order valence-corrected chi connectivity index (χ3v) is 3.01.